The molecular weight excluding hydrogens is 368 g/mol. The van der Waals surface area contributed by atoms with E-state index in [-0.39, 0.29) is 17.4 Å². The van der Waals surface area contributed by atoms with Crippen molar-refractivity contribution in [3.8, 4) is 5.75 Å². The van der Waals surface area contributed by atoms with Crippen molar-refractivity contribution in [2.75, 3.05) is 0 Å². The van der Waals surface area contributed by atoms with Gasteiger partial charge >= 0.3 is 0 Å². The number of aliphatic hydroxyl groups excluding tert-OH is 1. The van der Waals surface area contributed by atoms with Crippen LogP contribution in [0.3, 0.4) is 0 Å². The van der Waals surface area contributed by atoms with Gasteiger partial charge < -0.3 is 10.2 Å². The lowest BCUT2D eigenvalue weighted by molar-refractivity contribution is 0.120. The van der Waals surface area contributed by atoms with E-state index in [1.54, 1.807) is 6.07 Å². The number of hydrogen-bond acceptors (Lipinski definition) is 2. The summed E-state index contributed by atoms with van der Waals surface area (Å²) < 4.78 is 0. The monoisotopic (exact) mass is 402 g/mol. The van der Waals surface area contributed by atoms with Crippen LogP contribution in [0.4, 0.5) is 0 Å². The Kier molecular flexibility index (Phi) is 6.15. The predicted octanol–water partition coefficient (Wildman–Crippen LogP) is 6.99. The topological polar surface area (TPSA) is 40.5 Å². The zero-order valence-electron chi connectivity index (χ0n) is 18.1. The van der Waals surface area contributed by atoms with Crippen LogP contribution >= 0.6 is 0 Å². The summed E-state index contributed by atoms with van der Waals surface area (Å²) in [6, 6.07) is 18.1. The van der Waals surface area contributed by atoms with Gasteiger partial charge in [0.2, 0.25) is 0 Å². The van der Waals surface area contributed by atoms with Gasteiger partial charge in [0.1, 0.15) is 5.75 Å². The largest absolute Gasteiger partial charge is 0.508 e. The average molecular weight is 403 g/mol. The Labute approximate surface area is 181 Å². The van der Waals surface area contributed by atoms with E-state index in [0.717, 1.165) is 42.4 Å². The van der Waals surface area contributed by atoms with Gasteiger partial charge in [-0.25, -0.2) is 0 Å². The second kappa shape index (κ2) is 8.81. The molecule has 2 heteroatoms. The predicted molar refractivity (Wildman–Crippen MR) is 125 cm³/mol. The summed E-state index contributed by atoms with van der Waals surface area (Å²) >= 11 is 0. The van der Waals surface area contributed by atoms with Crippen molar-refractivity contribution in [1.29, 1.82) is 0 Å². The molecule has 0 spiro atoms. The van der Waals surface area contributed by atoms with E-state index in [4.69, 9.17) is 0 Å². The summed E-state index contributed by atoms with van der Waals surface area (Å²) in [5, 5.41) is 21.2. The number of rotatable bonds is 8. The zero-order chi connectivity index (χ0) is 21.1. The first-order valence-corrected chi connectivity index (χ1v) is 11.5. The molecule has 30 heavy (non-hydrogen) atoms. The molecule has 4 rings (SSSR count). The van der Waals surface area contributed by atoms with Crippen LogP contribution in [0.5, 0.6) is 5.75 Å². The van der Waals surface area contributed by atoms with Crippen LogP contribution in [0.15, 0.2) is 66.7 Å². The van der Waals surface area contributed by atoms with Gasteiger partial charge in [-0.05, 0) is 66.5 Å². The first kappa shape index (κ1) is 20.9. The van der Waals surface area contributed by atoms with Crippen molar-refractivity contribution in [2.45, 2.75) is 64.4 Å². The van der Waals surface area contributed by atoms with E-state index >= 15 is 0 Å². The number of phenolic OH excluding ortho intramolecular Hbond substituents is 1. The summed E-state index contributed by atoms with van der Waals surface area (Å²) in [6.07, 6.45) is 8.35. The van der Waals surface area contributed by atoms with Gasteiger partial charge in [-0.1, -0.05) is 80.8 Å². The summed E-state index contributed by atoms with van der Waals surface area (Å²) in [7, 11) is 0. The Morgan fingerprint density at radius 2 is 1.87 bits per heavy atom. The molecule has 0 aromatic heterocycles. The molecule has 3 atom stereocenters. The molecule has 0 bridgehead atoms. The smallest absolute Gasteiger partial charge is 0.116 e. The molecule has 1 saturated carbocycles. The number of benzene rings is 2. The molecule has 2 aromatic rings. The molecular formula is C28H34O2. The van der Waals surface area contributed by atoms with E-state index in [1.165, 1.54) is 36.8 Å². The molecule has 2 nitrogen and oxygen atoms in total. The summed E-state index contributed by atoms with van der Waals surface area (Å²) in [5.74, 6) is 0.469. The van der Waals surface area contributed by atoms with E-state index < -0.39 is 0 Å². The fourth-order valence-electron chi connectivity index (χ4n) is 5.93. The van der Waals surface area contributed by atoms with Crippen LogP contribution < -0.4 is 0 Å². The minimum absolute atomic E-state index is 0.170. The molecule has 2 aromatic carbocycles. The highest BCUT2D eigenvalue weighted by Crippen LogP contribution is 2.66. The standard InChI is InChI=1S/C28H34O2/c1-3-4-5-7-13-23-19-25-26(30)16-17-28(25,20(2)21-11-8-6-9-12-21)27(23)22-14-10-15-24(29)18-22/h6,8-12,14-15,18,25-26,29-30H,2-5,7,13,16-17,19H2,1H3. The van der Waals surface area contributed by atoms with Crippen molar-refractivity contribution >= 4 is 11.1 Å². The Balaban J connectivity index is 1.82. The van der Waals surface area contributed by atoms with Crippen LogP contribution in [0.25, 0.3) is 11.1 Å². The van der Waals surface area contributed by atoms with Crippen LogP contribution in [-0.4, -0.2) is 16.3 Å². The second-order valence-corrected chi connectivity index (χ2v) is 9.07. The van der Waals surface area contributed by atoms with Gasteiger partial charge in [-0.15, -0.1) is 0 Å². The Morgan fingerprint density at radius 3 is 2.60 bits per heavy atom. The maximum absolute atomic E-state index is 11.0. The quantitative estimate of drug-likeness (QED) is 0.467. The van der Waals surface area contributed by atoms with Gasteiger partial charge in [-0.3, -0.25) is 0 Å². The van der Waals surface area contributed by atoms with Crippen molar-refractivity contribution in [3.63, 3.8) is 0 Å². The molecule has 3 unspecified atom stereocenters. The third-order valence-electron chi connectivity index (χ3n) is 7.33. The van der Waals surface area contributed by atoms with Crippen LogP contribution in [0.2, 0.25) is 0 Å². The summed E-state index contributed by atoms with van der Waals surface area (Å²) in [6.45, 7) is 6.85. The molecule has 2 N–H and O–H groups in total. The van der Waals surface area contributed by atoms with Crippen LogP contribution in [0.1, 0.15) is 69.4 Å². The normalized spacial score (nSPS) is 25.5. The summed E-state index contributed by atoms with van der Waals surface area (Å²) in [4.78, 5) is 0. The van der Waals surface area contributed by atoms with Gasteiger partial charge in [0.15, 0.2) is 0 Å². The lowest BCUT2D eigenvalue weighted by atomic mass is 9.66. The third kappa shape index (κ3) is 3.63. The Hall–Kier alpha value is -2.32. The van der Waals surface area contributed by atoms with Crippen molar-refractivity contribution in [2.24, 2.45) is 11.3 Å². The van der Waals surface area contributed by atoms with Crippen LogP contribution in [-0.2, 0) is 0 Å². The SMILES string of the molecule is C=C(c1ccccc1)C12CCC(O)C1CC(CCCCCC)=C2c1cccc(O)c1. The van der Waals surface area contributed by atoms with Crippen molar-refractivity contribution in [3.05, 3.63) is 77.9 Å². The van der Waals surface area contributed by atoms with Crippen LogP contribution in [0, 0.1) is 11.3 Å². The molecule has 0 aliphatic heterocycles. The number of allylic oxidation sites excluding steroid dienone is 3. The van der Waals surface area contributed by atoms with E-state index in [9.17, 15) is 10.2 Å². The maximum atomic E-state index is 11.0. The number of aliphatic hydroxyl groups is 1. The highest BCUT2D eigenvalue weighted by Gasteiger charge is 2.56. The molecule has 0 heterocycles. The molecule has 0 amide bonds. The Bertz CT molecular complexity index is 927. The fraction of sp³-hybridized carbons (Fsp3) is 0.429. The molecule has 158 valence electrons. The van der Waals surface area contributed by atoms with Gasteiger partial charge in [0, 0.05) is 11.3 Å². The zero-order valence-corrected chi connectivity index (χ0v) is 18.1. The molecule has 1 fully saturated rings. The minimum Gasteiger partial charge on any atom is -0.508 e. The number of aromatic hydroxyl groups is 1. The molecule has 0 radical (unpaired) electrons. The third-order valence-corrected chi connectivity index (χ3v) is 7.33. The van der Waals surface area contributed by atoms with Gasteiger partial charge in [0.05, 0.1) is 6.10 Å². The van der Waals surface area contributed by atoms with Gasteiger partial charge in [-0.2, -0.15) is 0 Å². The lowest BCUT2D eigenvalue weighted by Gasteiger charge is -2.37. The first-order chi connectivity index (χ1) is 14.6. The average Bonchev–Trinajstić information content (AvgIpc) is 3.26. The van der Waals surface area contributed by atoms with Crippen molar-refractivity contribution < 1.29 is 10.2 Å². The Morgan fingerprint density at radius 1 is 1.07 bits per heavy atom. The highest BCUT2D eigenvalue weighted by atomic mass is 16.3. The summed E-state index contributed by atoms with van der Waals surface area (Å²) in [5.41, 5.74) is 5.89. The molecule has 2 aliphatic carbocycles. The first-order valence-electron chi connectivity index (χ1n) is 11.5. The van der Waals surface area contributed by atoms with E-state index in [0.29, 0.717) is 5.75 Å². The lowest BCUT2D eigenvalue weighted by Crippen LogP contribution is -2.29. The van der Waals surface area contributed by atoms with E-state index in [1.807, 2.05) is 18.2 Å². The number of fused-ring (bicyclic) bond motifs is 1. The van der Waals surface area contributed by atoms with E-state index in [2.05, 4.69) is 43.8 Å². The second-order valence-electron chi connectivity index (χ2n) is 9.07. The molecule has 2 aliphatic rings. The van der Waals surface area contributed by atoms with Gasteiger partial charge in [0.25, 0.3) is 0 Å². The molecule has 0 saturated heterocycles. The fourth-order valence-corrected chi connectivity index (χ4v) is 5.93. The number of phenols is 1. The number of hydrogen-bond donors (Lipinski definition) is 2. The highest BCUT2D eigenvalue weighted by molar-refractivity contribution is 5.90. The number of unbranched alkanes of at least 4 members (excludes halogenated alkanes) is 3. The van der Waals surface area contributed by atoms with Crippen molar-refractivity contribution in [1.82, 2.24) is 0 Å². The minimum atomic E-state index is -0.300. The maximum Gasteiger partial charge on any atom is 0.116 e.